The Labute approximate surface area is 96.5 Å². The molecule has 0 aromatic heterocycles. The van der Waals surface area contributed by atoms with Crippen LogP contribution in [0.15, 0.2) is 0 Å². The average molecular weight is 248 g/mol. The van der Waals surface area contributed by atoms with Gasteiger partial charge in [0, 0.05) is 25.7 Å². The molecule has 0 radical (unpaired) electrons. The molecule has 0 aliphatic carbocycles. The molecule has 94 valence electrons. The van der Waals surface area contributed by atoms with Crippen LogP contribution in [-0.2, 0) is 9.84 Å². The van der Waals surface area contributed by atoms with Crippen LogP contribution in [0.1, 0.15) is 19.3 Å². The van der Waals surface area contributed by atoms with E-state index >= 15 is 0 Å². The lowest BCUT2D eigenvalue weighted by molar-refractivity contribution is -0.0213. The molecule has 2 aliphatic heterocycles. The Morgan fingerprint density at radius 2 is 2.00 bits per heavy atom. The highest BCUT2D eigenvalue weighted by Crippen LogP contribution is 2.26. The summed E-state index contributed by atoms with van der Waals surface area (Å²) >= 11 is 0. The van der Waals surface area contributed by atoms with Crippen LogP contribution in [0.4, 0.5) is 0 Å². The van der Waals surface area contributed by atoms with Crippen LogP contribution >= 0.6 is 0 Å². The van der Waals surface area contributed by atoms with Gasteiger partial charge in [-0.25, -0.2) is 8.42 Å². The largest absolute Gasteiger partial charge is 0.388 e. The highest BCUT2D eigenvalue weighted by molar-refractivity contribution is 7.91. The van der Waals surface area contributed by atoms with Crippen LogP contribution in [0.3, 0.4) is 0 Å². The Bertz CT molecular complexity index is 347. The summed E-state index contributed by atoms with van der Waals surface area (Å²) in [5.41, 5.74) is 4.79. The second-order valence-corrected chi connectivity index (χ2v) is 7.25. The van der Waals surface area contributed by atoms with Crippen molar-refractivity contribution in [2.45, 2.75) is 30.9 Å². The van der Waals surface area contributed by atoms with Gasteiger partial charge in [0.2, 0.25) is 0 Å². The summed E-state index contributed by atoms with van der Waals surface area (Å²) in [5.74, 6) is 0.601. The SMILES string of the molecule is NCC1(O)CCN(C2CCS(=O)(=O)C2)CC1. The van der Waals surface area contributed by atoms with E-state index in [1.165, 1.54) is 0 Å². The lowest BCUT2D eigenvalue weighted by Crippen LogP contribution is -2.51. The number of rotatable bonds is 2. The fraction of sp³-hybridized carbons (Fsp3) is 1.00. The highest BCUT2D eigenvalue weighted by atomic mass is 32.2. The van der Waals surface area contributed by atoms with Crippen molar-refractivity contribution >= 4 is 9.84 Å². The first kappa shape index (κ1) is 12.3. The summed E-state index contributed by atoms with van der Waals surface area (Å²) in [7, 11) is -2.81. The third-order valence-corrected chi connectivity index (χ3v) is 5.58. The van der Waals surface area contributed by atoms with Crippen molar-refractivity contribution in [2.75, 3.05) is 31.1 Å². The van der Waals surface area contributed by atoms with Gasteiger partial charge in [-0.2, -0.15) is 0 Å². The zero-order chi connectivity index (χ0) is 11.8. The molecule has 2 saturated heterocycles. The number of hydrogen-bond acceptors (Lipinski definition) is 5. The number of likely N-dealkylation sites (tertiary alicyclic amines) is 1. The summed E-state index contributed by atoms with van der Waals surface area (Å²) in [6, 6.07) is 0.160. The maximum absolute atomic E-state index is 11.4. The molecule has 0 saturated carbocycles. The first-order valence-electron chi connectivity index (χ1n) is 5.81. The Morgan fingerprint density at radius 1 is 1.38 bits per heavy atom. The lowest BCUT2D eigenvalue weighted by atomic mass is 9.91. The molecule has 2 rings (SSSR count). The molecule has 1 unspecified atom stereocenters. The number of piperidine rings is 1. The van der Waals surface area contributed by atoms with Crippen molar-refractivity contribution in [3.63, 3.8) is 0 Å². The fourth-order valence-electron chi connectivity index (χ4n) is 2.57. The maximum atomic E-state index is 11.4. The fourth-order valence-corrected chi connectivity index (χ4v) is 4.33. The molecule has 2 fully saturated rings. The molecule has 5 nitrogen and oxygen atoms in total. The molecule has 1 atom stereocenters. The topological polar surface area (TPSA) is 83.6 Å². The van der Waals surface area contributed by atoms with Gasteiger partial charge in [-0.15, -0.1) is 0 Å². The predicted molar refractivity (Wildman–Crippen MR) is 61.9 cm³/mol. The Kier molecular flexibility index (Phi) is 3.27. The van der Waals surface area contributed by atoms with Crippen molar-refractivity contribution in [1.82, 2.24) is 4.90 Å². The van der Waals surface area contributed by atoms with E-state index in [0.29, 0.717) is 25.1 Å². The summed E-state index contributed by atoms with van der Waals surface area (Å²) in [6.45, 7) is 1.81. The quantitative estimate of drug-likeness (QED) is 0.652. The van der Waals surface area contributed by atoms with Gasteiger partial charge in [-0.3, -0.25) is 4.90 Å². The third-order valence-electron chi connectivity index (χ3n) is 3.83. The first-order valence-corrected chi connectivity index (χ1v) is 7.63. The molecule has 0 spiro atoms. The average Bonchev–Trinajstić information content (AvgIpc) is 2.60. The minimum absolute atomic E-state index is 0.160. The first-order chi connectivity index (χ1) is 7.44. The molecule has 0 aromatic rings. The van der Waals surface area contributed by atoms with Crippen molar-refractivity contribution in [1.29, 1.82) is 0 Å². The van der Waals surface area contributed by atoms with E-state index in [-0.39, 0.29) is 11.8 Å². The number of nitrogens with two attached hydrogens (primary N) is 1. The minimum atomic E-state index is -2.81. The Hall–Kier alpha value is -0.170. The van der Waals surface area contributed by atoms with E-state index in [0.717, 1.165) is 19.5 Å². The van der Waals surface area contributed by atoms with E-state index in [2.05, 4.69) is 4.90 Å². The summed E-state index contributed by atoms with van der Waals surface area (Å²) in [5, 5.41) is 9.97. The van der Waals surface area contributed by atoms with Crippen molar-refractivity contribution < 1.29 is 13.5 Å². The molecule has 2 heterocycles. The summed E-state index contributed by atoms with van der Waals surface area (Å²) < 4.78 is 22.7. The molecule has 2 aliphatic rings. The number of sulfone groups is 1. The van der Waals surface area contributed by atoms with Gasteiger partial charge in [0.1, 0.15) is 0 Å². The van der Waals surface area contributed by atoms with Crippen LogP contribution in [0, 0.1) is 0 Å². The van der Waals surface area contributed by atoms with E-state index in [4.69, 9.17) is 5.73 Å². The predicted octanol–water partition coefficient (Wildman–Crippen LogP) is -1.04. The molecular formula is C10H20N2O3S. The third kappa shape index (κ3) is 2.56. The second kappa shape index (κ2) is 4.25. The molecule has 0 aromatic carbocycles. The molecule has 0 bridgehead atoms. The summed E-state index contributed by atoms with van der Waals surface area (Å²) in [4.78, 5) is 2.19. The molecule has 3 N–H and O–H groups in total. The lowest BCUT2D eigenvalue weighted by Gasteiger charge is -2.39. The number of hydrogen-bond donors (Lipinski definition) is 2. The zero-order valence-corrected chi connectivity index (χ0v) is 10.2. The maximum Gasteiger partial charge on any atom is 0.151 e. The molecule has 16 heavy (non-hydrogen) atoms. The van der Waals surface area contributed by atoms with E-state index in [1.54, 1.807) is 0 Å². The highest BCUT2D eigenvalue weighted by Gasteiger charge is 2.37. The number of nitrogens with zero attached hydrogens (tertiary/aromatic N) is 1. The van der Waals surface area contributed by atoms with Gasteiger partial charge in [-0.1, -0.05) is 0 Å². The monoisotopic (exact) mass is 248 g/mol. The molecular weight excluding hydrogens is 228 g/mol. The van der Waals surface area contributed by atoms with Crippen molar-refractivity contribution in [3.8, 4) is 0 Å². The minimum Gasteiger partial charge on any atom is -0.388 e. The Morgan fingerprint density at radius 3 is 2.44 bits per heavy atom. The zero-order valence-electron chi connectivity index (χ0n) is 9.43. The van der Waals surface area contributed by atoms with Gasteiger partial charge in [0.15, 0.2) is 9.84 Å². The number of aliphatic hydroxyl groups is 1. The molecule has 0 amide bonds. The van der Waals surface area contributed by atoms with Gasteiger partial charge in [0.25, 0.3) is 0 Å². The van der Waals surface area contributed by atoms with E-state index < -0.39 is 15.4 Å². The van der Waals surface area contributed by atoms with Crippen LogP contribution in [0.5, 0.6) is 0 Å². The van der Waals surface area contributed by atoms with Crippen molar-refractivity contribution in [3.05, 3.63) is 0 Å². The van der Waals surface area contributed by atoms with Crippen LogP contribution < -0.4 is 5.73 Å². The van der Waals surface area contributed by atoms with Crippen LogP contribution in [0.2, 0.25) is 0 Å². The smallest absolute Gasteiger partial charge is 0.151 e. The van der Waals surface area contributed by atoms with Crippen LogP contribution in [-0.4, -0.2) is 61.2 Å². The normalized spacial score (nSPS) is 34.0. The second-order valence-electron chi connectivity index (χ2n) is 5.02. The van der Waals surface area contributed by atoms with E-state index in [1.807, 2.05) is 0 Å². The van der Waals surface area contributed by atoms with Gasteiger partial charge >= 0.3 is 0 Å². The van der Waals surface area contributed by atoms with Gasteiger partial charge in [0.05, 0.1) is 17.1 Å². The van der Waals surface area contributed by atoms with Gasteiger partial charge in [-0.05, 0) is 19.3 Å². The summed E-state index contributed by atoms with van der Waals surface area (Å²) in [6.07, 6.45) is 2.05. The van der Waals surface area contributed by atoms with Crippen LogP contribution in [0.25, 0.3) is 0 Å². The standard InChI is InChI=1S/C10H20N2O3S/c11-8-10(13)2-4-12(5-3-10)9-1-6-16(14,15)7-9/h9,13H,1-8,11H2. The molecule has 6 heteroatoms. The van der Waals surface area contributed by atoms with Gasteiger partial charge < -0.3 is 10.8 Å². The van der Waals surface area contributed by atoms with Crippen molar-refractivity contribution in [2.24, 2.45) is 5.73 Å². The Balaban J connectivity index is 1.91. The van der Waals surface area contributed by atoms with E-state index in [9.17, 15) is 13.5 Å².